The Hall–Kier alpha value is -3.30. The highest BCUT2D eigenvalue weighted by Gasteiger charge is 2.57. The van der Waals surface area contributed by atoms with Crippen LogP contribution in [0.2, 0.25) is 0 Å². The van der Waals surface area contributed by atoms with Crippen molar-refractivity contribution in [2.75, 3.05) is 0 Å². The van der Waals surface area contributed by atoms with E-state index in [4.69, 9.17) is 4.18 Å². The van der Waals surface area contributed by atoms with Gasteiger partial charge in [0.1, 0.15) is 28.2 Å². The summed E-state index contributed by atoms with van der Waals surface area (Å²) in [5, 5.41) is 26.5. The number of aromatic hydroxyl groups is 3. The zero-order valence-corrected chi connectivity index (χ0v) is 18.8. The predicted molar refractivity (Wildman–Crippen MR) is 125 cm³/mol. The number of fused-ring (bicyclic) bond motifs is 2. The maximum atomic E-state index is 13.4. The van der Waals surface area contributed by atoms with Crippen LogP contribution in [0.4, 0.5) is 0 Å². The third-order valence-electron chi connectivity index (χ3n) is 5.99. The quantitative estimate of drug-likeness (QED) is 0.475. The summed E-state index contributed by atoms with van der Waals surface area (Å²) < 4.78 is 45.2. The normalized spacial score (nSPS) is 24.2. The Morgan fingerprint density at radius 2 is 1.18 bits per heavy atom. The van der Waals surface area contributed by atoms with Crippen LogP contribution in [-0.4, -0.2) is 43.7 Å². The van der Waals surface area contributed by atoms with E-state index in [0.717, 1.165) is 11.1 Å². The first-order chi connectivity index (χ1) is 15.7. The number of hydrogen-bond donors (Lipinski definition) is 3. The summed E-state index contributed by atoms with van der Waals surface area (Å²) >= 11 is 0. The van der Waals surface area contributed by atoms with Crippen LogP contribution in [0, 0.1) is 0 Å². The molecule has 33 heavy (non-hydrogen) atoms. The number of phenolic OH excluding ortho intramolecular Hbond substituents is 3. The Morgan fingerprint density at radius 1 is 0.727 bits per heavy atom. The van der Waals surface area contributed by atoms with Gasteiger partial charge in [-0.2, -0.15) is 8.42 Å². The van der Waals surface area contributed by atoms with Crippen molar-refractivity contribution in [2.45, 2.75) is 22.2 Å². The van der Waals surface area contributed by atoms with E-state index in [2.05, 4.69) is 0 Å². The Labute approximate surface area is 193 Å². The predicted octanol–water partition coefficient (Wildman–Crippen LogP) is 3.39. The van der Waals surface area contributed by atoms with Gasteiger partial charge in [0.25, 0.3) is 0 Å². The molecule has 2 aliphatic rings. The average Bonchev–Trinajstić information content (AvgIpc) is 3.27. The van der Waals surface area contributed by atoms with E-state index in [-0.39, 0.29) is 29.4 Å². The first-order valence-corrected chi connectivity index (χ1v) is 12.9. The minimum absolute atomic E-state index is 0.0168. The van der Waals surface area contributed by atoms with Crippen LogP contribution in [0.15, 0.2) is 72.8 Å². The van der Waals surface area contributed by atoms with E-state index in [9.17, 15) is 27.9 Å². The molecule has 0 aromatic heterocycles. The minimum Gasteiger partial charge on any atom is -0.508 e. The third kappa shape index (κ3) is 3.77. The third-order valence-corrected chi connectivity index (χ3v) is 9.84. The van der Waals surface area contributed by atoms with Crippen molar-refractivity contribution < 1.29 is 32.1 Å². The van der Waals surface area contributed by atoms with E-state index in [1.807, 2.05) is 0 Å². The van der Waals surface area contributed by atoms with Gasteiger partial charge in [-0.25, -0.2) is 0 Å². The molecule has 3 N–H and O–H groups in total. The maximum absolute atomic E-state index is 13.4. The number of benzene rings is 3. The minimum atomic E-state index is -4.15. The first-order valence-electron chi connectivity index (χ1n) is 10.2. The second kappa shape index (κ2) is 7.93. The molecule has 0 spiro atoms. The van der Waals surface area contributed by atoms with Gasteiger partial charge < -0.3 is 19.5 Å². The zero-order chi connectivity index (χ0) is 23.3. The van der Waals surface area contributed by atoms with E-state index >= 15 is 0 Å². The molecule has 0 aliphatic carbocycles. The van der Waals surface area contributed by atoms with Gasteiger partial charge in [-0.15, -0.1) is 0 Å². The van der Waals surface area contributed by atoms with Gasteiger partial charge in [0.15, 0.2) is 0 Å². The van der Waals surface area contributed by atoms with E-state index in [1.54, 1.807) is 24.3 Å². The molecule has 2 aliphatic heterocycles. The van der Waals surface area contributed by atoms with Crippen LogP contribution >= 0.6 is 0 Å². The Balaban J connectivity index is 1.60. The van der Waals surface area contributed by atoms with E-state index in [1.165, 1.54) is 48.5 Å². The van der Waals surface area contributed by atoms with Gasteiger partial charge >= 0.3 is 10.1 Å². The lowest BCUT2D eigenvalue weighted by Crippen LogP contribution is -2.35. The Kier molecular flexibility index (Phi) is 5.18. The fraction of sp³-hybridized carbons (Fsp3) is 0.167. The Morgan fingerprint density at radius 3 is 1.70 bits per heavy atom. The number of rotatable bonds is 5. The first kappa shape index (κ1) is 21.5. The average molecular weight is 485 g/mol. The van der Waals surface area contributed by atoms with Gasteiger partial charge in [0, 0.05) is 10.8 Å². The number of hydrogen-bond acceptors (Lipinski definition) is 7. The zero-order valence-electron chi connectivity index (χ0n) is 17.2. The SMILES string of the molecule is O=S1[C@H]2C[C@H](S(=O)(=O)Oc3ccc(O)cc3)[C@@H]1C(c1ccc(O)cc1)=C2c1ccc(O)cc1. The molecular weight excluding hydrogens is 464 g/mol. The molecule has 0 radical (unpaired) electrons. The monoisotopic (exact) mass is 484 g/mol. The summed E-state index contributed by atoms with van der Waals surface area (Å²) in [5.74, 6) is 0.208. The molecule has 3 aromatic rings. The summed E-state index contributed by atoms with van der Waals surface area (Å²) in [4.78, 5) is 0. The smallest absolute Gasteiger partial charge is 0.313 e. The highest BCUT2D eigenvalue weighted by Crippen LogP contribution is 2.53. The van der Waals surface area contributed by atoms with Crippen LogP contribution in [0.5, 0.6) is 23.0 Å². The lowest BCUT2D eigenvalue weighted by Gasteiger charge is -2.25. The van der Waals surface area contributed by atoms with Crippen molar-refractivity contribution in [3.8, 4) is 23.0 Å². The fourth-order valence-corrected chi connectivity index (χ4v) is 8.91. The molecule has 0 amide bonds. The van der Waals surface area contributed by atoms with Crippen molar-refractivity contribution in [1.29, 1.82) is 0 Å². The molecule has 7 nitrogen and oxygen atoms in total. The van der Waals surface area contributed by atoms with Gasteiger partial charge in [-0.05, 0) is 77.2 Å². The van der Waals surface area contributed by atoms with Crippen molar-refractivity contribution >= 4 is 32.1 Å². The van der Waals surface area contributed by atoms with Crippen molar-refractivity contribution in [1.82, 2.24) is 0 Å². The second-order valence-electron chi connectivity index (χ2n) is 8.00. The highest BCUT2D eigenvalue weighted by molar-refractivity contribution is 7.92. The molecule has 1 unspecified atom stereocenters. The summed E-state index contributed by atoms with van der Waals surface area (Å²) in [6.07, 6.45) is 0.134. The van der Waals surface area contributed by atoms with Crippen molar-refractivity contribution in [2.24, 2.45) is 0 Å². The van der Waals surface area contributed by atoms with E-state index < -0.39 is 36.7 Å². The van der Waals surface area contributed by atoms with Crippen LogP contribution in [0.25, 0.3) is 11.1 Å². The molecular formula is C24H20O7S2. The maximum Gasteiger partial charge on any atom is 0.313 e. The van der Waals surface area contributed by atoms with Gasteiger partial charge in [0.2, 0.25) is 0 Å². The molecule has 5 rings (SSSR count). The summed E-state index contributed by atoms with van der Waals surface area (Å²) in [6.45, 7) is 0. The fourth-order valence-electron chi connectivity index (χ4n) is 4.53. The molecule has 1 saturated heterocycles. The summed E-state index contributed by atoms with van der Waals surface area (Å²) in [6, 6.07) is 18.2. The molecule has 9 heteroatoms. The van der Waals surface area contributed by atoms with Gasteiger partial charge in [0.05, 0.1) is 10.5 Å². The van der Waals surface area contributed by atoms with Crippen LogP contribution in [-0.2, 0) is 20.9 Å². The molecule has 0 saturated carbocycles. The summed E-state index contributed by atoms with van der Waals surface area (Å²) in [5.41, 5.74) is 2.84. The summed E-state index contributed by atoms with van der Waals surface area (Å²) in [7, 11) is -5.66. The van der Waals surface area contributed by atoms with Gasteiger partial charge in [-0.3, -0.25) is 4.21 Å². The lowest BCUT2D eigenvalue weighted by molar-refractivity contribution is 0.462. The highest BCUT2D eigenvalue weighted by atomic mass is 32.2. The van der Waals surface area contributed by atoms with Gasteiger partial charge in [-0.1, -0.05) is 24.3 Å². The molecule has 2 bridgehead atoms. The second-order valence-corrected chi connectivity index (χ2v) is 11.5. The van der Waals surface area contributed by atoms with Crippen molar-refractivity contribution in [3.05, 3.63) is 83.9 Å². The molecule has 2 heterocycles. The Bertz CT molecular complexity index is 1360. The van der Waals surface area contributed by atoms with E-state index in [0.29, 0.717) is 11.1 Å². The lowest BCUT2D eigenvalue weighted by atomic mass is 9.83. The molecule has 4 atom stereocenters. The van der Waals surface area contributed by atoms with Crippen LogP contribution in [0.3, 0.4) is 0 Å². The largest absolute Gasteiger partial charge is 0.508 e. The molecule has 170 valence electrons. The topological polar surface area (TPSA) is 121 Å². The van der Waals surface area contributed by atoms with Crippen LogP contribution < -0.4 is 4.18 Å². The molecule has 3 aromatic carbocycles. The van der Waals surface area contributed by atoms with Crippen molar-refractivity contribution in [3.63, 3.8) is 0 Å². The molecule has 1 fully saturated rings. The standard InChI is InChI=1S/C24H20O7S2/c25-16-5-1-14(2-6-16)22-20-13-21(33(29,30)31-19-11-9-18(27)10-12-19)24(32(20)28)23(22)15-3-7-17(26)8-4-15/h1-12,20-21,24-27H,13H2/t20-,21-,24+,32?/m0/s1. The van der Waals surface area contributed by atoms with Crippen LogP contribution in [0.1, 0.15) is 17.5 Å². The number of phenols is 3.